The zero-order valence-electron chi connectivity index (χ0n) is 21.1. The molecule has 0 radical (unpaired) electrons. The van der Waals surface area contributed by atoms with Gasteiger partial charge in [0.15, 0.2) is 0 Å². The molecule has 1 saturated carbocycles. The van der Waals surface area contributed by atoms with Gasteiger partial charge in [-0.2, -0.15) is 0 Å². The minimum atomic E-state index is -2.70. The van der Waals surface area contributed by atoms with Crippen molar-refractivity contribution < 1.29 is 18.4 Å². The molecule has 1 aliphatic carbocycles. The van der Waals surface area contributed by atoms with E-state index in [1.165, 1.54) is 12.3 Å². The zero-order chi connectivity index (χ0) is 25.6. The van der Waals surface area contributed by atoms with E-state index in [9.17, 15) is 14.4 Å². The van der Waals surface area contributed by atoms with Gasteiger partial charge in [-0.1, -0.05) is 0 Å². The number of hydrogen-bond acceptors (Lipinski definition) is 6. The van der Waals surface area contributed by atoms with Gasteiger partial charge in [0.2, 0.25) is 5.91 Å². The van der Waals surface area contributed by atoms with Crippen molar-refractivity contribution in [1.29, 1.82) is 0 Å². The van der Waals surface area contributed by atoms with Crippen LogP contribution in [0.25, 0.3) is 10.9 Å². The smallest absolute Gasteiger partial charge is 0.262 e. The third kappa shape index (κ3) is 3.97. The van der Waals surface area contributed by atoms with E-state index in [1.807, 2.05) is 11.4 Å². The Morgan fingerprint density at radius 3 is 2.85 bits per heavy atom. The lowest BCUT2D eigenvalue weighted by Crippen LogP contribution is -2.25. The Labute approximate surface area is 194 Å². The largest absolute Gasteiger partial charge is 0.379 e. The molecular formula is C23H26N6O4. The lowest BCUT2D eigenvalue weighted by molar-refractivity contribution is -0.117. The summed E-state index contributed by atoms with van der Waals surface area (Å²) in [6, 6.07) is 3.23. The molecule has 3 N–H and O–H groups in total. The van der Waals surface area contributed by atoms with Crippen molar-refractivity contribution in [3.63, 3.8) is 0 Å². The van der Waals surface area contributed by atoms with E-state index in [4.69, 9.17) is 8.85 Å². The Morgan fingerprint density at radius 2 is 2.12 bits per heavy atom. The number of pyridine rings is 2. The van der Waals surface area contributed by atoms with Gasteiger partial charge in [0.25, 0.3) is 11.5 Å². The summed E-state index contributed by atoms with van der Waals surface area (Å²) in [6.45, 7) is -1.66. The Morgan fingerprint density at radius 1 is 1.27 bits per heavy atom. The fraction of sp³-hybridized carbons (Fsp3) is 0.391. The minimum Gasteiger partial charge on any atom is -0.379 e. The molecule has 3 aromatic heterocycles. The number of ether oxygens (including phenoxy) is 1. The van der Waals surface area contributed by atoms with Gasteiger partial charge < -0.3 is 29.8 Å². The van der Waals surface area contributed by atoms with Crippen LogP contribution >= 0.6 is 0 Å². The molecule has 10 heteroatoms. The highest BCUT2D eigenvalue weighted by molar-refractivity contribution is 6.03. The summed E-state index contributed by atoms with van der Waals surface area (Å²) >= 11 is 0. The second-order valence-corrected chi connectivity index (χ2v) is 8.42. The number of fused-ring (bicyclic) bond motifs is 1. The predicted octanol–water partition coefficient (Wildman–Crippen LogP) is 2.15. The zero-order valence-corrected chi connectivity index (χ0v) is 18.1. The van der Waals surface area contributed by atoms with Crippen molar-refractivity contribution >= 4 is 39.9 Å². The monoisotopic (exact) mass is 453 g/mol. The van der Waals surface area contributed by atoms with Crippen molar-refractivity contribution in [2.75, 3.05) is 30.8 Å². The average molecular weight is 454 g/mol. The average Bonchev–Trinajstić information content (AvgIpc) is 3.42. The first kappa shape index (κ1) is 17.8. The van der Waals surface area contributed by atoms with Crippen LogP contribution in [-0.4, -0.2) is 46.1 Å². The first-order valence-electron chi connectivity index (χ1n) is 12.3. The number of rotatable bonds is 6. The highest BCUT2D eigenvalue weighted by Gasteiger charge is 2.30. The summed E-state index contributed by atoms with van der Waals surface area (Å²) in [5.74, 6) is -0.885. The maximum absolute atomic E-state index is 13.5. The van der Waals surface area contributed by atoms with E-state index >= 15 is 0 Å². The highest BCUT2D eigenvalue weighted by atomic mass is 16.5. The van der Waals surface area contributed by atoms with Gasteiger partial charge in [-0.05, 0) is 25.3 Å². The quantitative estimate of drug-likeness (QED) is 0.526. The summed E-state index contributed by atoms with van der Waals surface area (Å²) in [5.41, 5.74) is 1.05. The van der Waals surface area contributed by atoms with Crippen LogP contribution in [0.1, 0.15) is 39.8 Å². The Bertz CT molecular complexity index is 1400. The van der Waals surface area contributed by atoms with Crippen LogP contribution in [0.3, 0.4) is 0 Å². The summed E-state index contributed by atoms with van der Waals surface area (Å²) in [7, 11) is 1.80. The van der Waals surface area contributed by atoms with Crippen molar-refractivity contribution in [2.24, 2.45) is 13.0 Å². The van der Waals surface area contributed by atoms with Crippen LogP contribution in [0.5, 0.6) is 0 Å². The minimum absolute atomic E-state index is 0.0481. The molecule has 0 spiro atoms. The van der Waals surface area contributed by atoms with Gasteiger partial charge in [0, 0.05) is 55.3 Å². The molecule has 1 aliphatic heterocycles. The molecule has 2 fully saturated rings. The molecule has 1 saturated heterocycles. The van der Waals surface area contributed by atoms with Crippen molar-refractivity contribution in [3.05, 3.63) is 46.6 Å². The second kappa shape index (κ2) is 8.36. The van der Waals surface area contributed by atoms with Gasteiger partial charge >= 0.3 is 0 Å². The topological polar surface area (TPSA) is 119 Å². The summed E-state index contributed by atoms with van der Waals surface area (Å²) in [6.07, 6.45) is 7.02. The van der Waals surface area contributed by atoms with Crippen LogP contribution < -0.4 is 21.5 Å². The van der Waals surface area contributed by atoms with E-state index in [-0.39, 0.29) is 40.5 Å². The molecule has 2 aliphatic rings. The van der Waals surface area contributed by atoms with Gasteiger partial charge in [0.1, 0.15) is 5.82 Å². The van der Waals surface area contributed by atoms with E-state index in [2.05, 4.69) is 15.6 Å². The number of aryl methyl sites for hydroxylation is 1. The van der Waals surface area contributed by atoms with E-state index in [0.717, 1.165) is 19.3 Å². The van der Waals surface area contributed by atoms with Crippen LogP contribution in [0.15, 0.2) is 35.5 Å². The van der Waals surface area contributed by atoms with Gasteiger partial charge in [-0.25, -0.2) is 4.98 Å². The standard InChI is InChI=1S/C23H26N6O4/c1-24-22(31)15-10-25-19(27-21(30)13-3-4-13)9-16(15)26-17-11-28(2)18-5-7-29(23(32)20(17)18)14-6-8-33-12-14/h5,7,9-11,13-14H,3-4,6,8,12H2,1-2H3,(H,24,31)(H2,25,26,27,30)/t14-/m0/s1/i1D3. The first-order valence-corrected chi connectivity index (χ1v) is 10.8. The summed E-state index contributed by atoms with van der Waals surface area (Å²) in [5, 5.41) is 8.22. The molecule has 10 nitrogen and oxygen atoms in total. The third-order valence-corrected chi connectivity index (χ3v) is 6.10. The van der Waals surface area contributed by atoms with E-state index in [0.29, 0.717) is 29.8 Å². The van der Waals surface area contributed by atoms with E-state index < -0.39 is 12.9 Å². The maximum Gasteiger partial charge on any atom is 0.262 e. The number of anilines is 3. The molecule has 0 bridgehead atoms. The number of hydrogen-bond donors (Lipinski definition) is 3. The SMILES string of the molecule is [2H]C([2H])([2H])NC(=O)c1cnc(NC(=O)C2CC2)cc1Nc1cn(C)c2ccn([C@H]3CCOC3)c(=O)c12. The fourth-order valence-electron chi connectivity index (χ4n) is 4.13. The molecule has 3 aromatic rings. The first-order chi connectivity index (χ1) is 17.1. The van der Waals surface area contributed by atoms with Crippen LogP contribution in [0, 0.1) is 5.92 Å². The van der Waals surface area contributed by atoms with Crippen molar-refractivity contribution in [2.45, 2.75) is 25.3 Å². The molecule has 0 unspecified atom stereocenters. The van der Waals surface area contributed by atoms with Crippen LogP contribution in [0.4, 0.5) is 17.2 Å². The predicted molar refractivity (Wildman–Crippen MR) is 124 cm³/mol. The highest BCUT2D eigenvalue weighted by Crippen LogP contribution is 2.32. The number of aromatic nitrogens is 3. The number of carbonyl (C=O) groups is 2. The summed E-state index contributed by atoms with van der Waals surface area (Å²) < 4.78 is 31.0. The van der Waals surface area contributed by atoms with Crippen molar-refractivity contribution in [3.8, 4) is 0 Å². The molecule has 4 heterocycles. The third-order valence-electron chi connectivity index (χ3n) is 6.10. The molecule has 5 rings (SSSR count). The Kier molecular flexibility index (Phi) is 4.52. The number of carbonyl (C=O) groups excluding carboxylic acids is 2. The molecule has 33 heavy (non-hydrogen) atoms. The molecule has 2 amide bonds. The van der Waals surface area contributed by atoms with Gasteiger partial charge in [-0.15, -0.1) is 0 Å². The van der Waals surface area contributed by atoms with E-state index in [1.54, 1.807) is 28.6 Å². The fourth-order valence-corrected chi connectivity index (χ4v) is 4.13. The molecule has 1 atom stereocenters. The number of nitrogens with one attached hydrogen (secondary N) is 3. The number of amides is 2. The Hall–Kier alpha value is -3.66. The Balaban J connectivity index is 1.56. The molecule has 172 valence electrons. The lowest BCUT2D eigenvalue weighted by atomic mass is 10.2. The van der Waals surface area contributed by atoms with Gasteiger partial charge in [0.05, 0.1) is 40.5 Å². The normalized spacial score (nSPS) is 19.5. The molecular weight excluding hydrogens is 424 g/mol. The van der Waals surface area contributed by atoms with Crippen LogP contribution in [0.2, 0.25) is 0 Å². The van der Waals surface area contributed by atoms with Crippen molar-refractivity contribution in [1.82, 2.24) is 19.4 Å². The lowest BCUT2D eigenvalue weighted by Gasteiger charge is -2.14. The summed E-state index contributed by atoms with van der Waals surface area (Å²) in [4.78, 5) is 42.6. The second-order valence-electron chi connectivity index (χ2n) is 8.42. The maximum atomic E-state index is 13.5. The number of nitrogens with zero attached hydrogens (tertiary/aromatic N) is 3. The van der Waals surface area contributed by atoms with Gasteiger partial charge in [-0.3, -0.25) is 14.4 Å². The molecule has 0 aromatic carbocycles. The van der Waals surface area contributed by atoms with Crippen LogP contribution in [-0.2, 0) is 16.6 Å².